The van der Waals surface area contributed by atoms with E-state index < -0.39 is 0 Å². The molecule has 2 aliphatic carbocycles. The number of para-hydroxylation sites is 1. The maximum absolute atomic E-state index is 2.50. The number of nitrogens with zero attached hydrogens (tertiary/aromatic N) is 2. The van der Waals surface area contributed by atoms with E-state index in [0.717, 1.165) is 12.8 Å². The minimum absolute atomic E-state index is 0.0919. The molecule has 12 rings (SSSR count). The van der Waals surface area contributed by atoms with Crippen molar-refractivity contribution in [3.63, 3.8) is 0 Å². The van der Waals surface area contributed by atoms with Gasteiger partial charge in [0.15, 0.2) is 0 Å². The molecule has 0 spiro atoms. The molecule has 10 aromatic rings. The molecular weight excluding hydrogens is 713 g/mol. The molecular formula is C57H42N2. The van der Waals surface area contributed by atoms with E-state index in [-0.39, 0.29) is 5.41 Å². The summed E-state index contributed by atoms with van der Waals surface area (Å²) in [6.45, 7) is 4.75. The lowest BCUT2D eigenvalue weighted by Crippen LogP contribution is -2.14. The van der Waals surface area contributed by atoms with Crippen LogP contribution in [0.25, 0.3) is 93.9 Å². The summed E-state index contributed by atoms with van der Waals surface area (Å²) in [5.74, 6) is 0. The van der Waals surface area contributed by atoms with Gasteiger partial charge in [-0.1, -0.05) is 147 Å². The first-order chi connectivity index (χ1) is 29.0. The second-order valence-corrected chi connectivity index (χ2v) is 16.9. The Balaban J connectivity index is 1.04. The average Bonchev–Trinajstić information content (AvgIpc) is 3.88. The number of hydrogen-bond acceptors (Lipinski definition) is 0. The van der Waals surface area contributed by atoms with Crippen LogP contribution in [-0.2, 0) is 5.41 Å². The highest BCUT2D eigenvalue weighted by atomic mass is 15.0. The standard InChI is InChI=1S/C57H42N2/c1-57(2)51-22-11-9-20-45(51)47-35-50-49-34-42(27-31-55(49)58(56(50)36-52(47)57)43-28-24-39(25-29-43)37-14-5-3-6-15-37)41-26-30-54-48(33-41)46-21-10-12-23-53(46)59(54)44-19-13-18-40(32-44)38-16-7-4-8-17-38/h3-12,14-18,20-36H,13,19H2,1-2H3. The lowest BCUT2D eigenvalue weighted by molar-refractivity contribution is 0.661. The highest BCUT2D eigenvalue weighted by Gasteiger charge is 2.36. The number of rotatable bonds is 5. The summed E-state index contributed by atoms with van der Waals surface area (Å²) in [7, 11) is 0. The van der Waals surface area contributed by atoms with Gasteiger partial charge in [0.25, 0.3) is 0 Å². The first-order valence-corrected chi connectivity index (χ1v) is 20.9. The van der Waals surface area contributed by atoms with Crippen molar-refractivity contribution in [1.29, 1.82) is 0 Å². The Bertz CT molecular complexity index is 3370. The van der Waals surface area contributed by atoms with Crippen molar-refractivity contribution in [3.05, 3.63) is 211 Å². The molecule has 0 N–H and O–H groups in total. The molecule has 0 atom stereocenters. The van der Waals surface area contributed by atoms with E-state index >= 15 is 0 Å². The third kappa shape index (κ3) is 5.19. The Kier molecular flexibility index (Phi) is 7.43. The molecule has 2 aromatic heterocycles. The summed E-state index contributed by atoms with van der Waals surface area (Å²) in [5.41, 5.74) is 20.3. The van der Waals surface area contributed by atoms with Gasteiger partial charge in [-0.05, 0) is 129 Å². The van der Waals surface area contributed by atoms with Crippen molar-refractivity contribution < 1.29 is 0 Å². The van der Waals surface area contributed by atoms with Gasteiger partial charge in [0, 0.05) is 38.3 Å². The molecule has 0 saturated heterocycles. The average molecular weight is 755 g/mol. The molecule has 59 heavy (non-hydrogen) atoms. The highest BCUT2D eigenvalue weighted by Crippen LogP contribution is 2.51. The Morgan fingerprint density at radius 3 is 1.75 bits per heavy atom. The van der Waals surface area contributed by atoms with Crippen molar-refractivity contribution in [2.24, 2.45) is 0 Å². The summed E-state index contributed by atoms with van der Waals surface area (Å²) in [4.78, 5) is 0. The molecule has 0 unspecified atom stereocenters. The van der Waals surface area contributed by atoms with Crippen LogP contribution in [-0.4, -0.2) is 9.13 Å². The summed E-state index contributed by atoms with van der Waals surface area (Å²) in [5, 5.41) is 5.12. The third-order valence-electron chi connectivity index (χ3n) is 13.2. The fourth-order valence-corrected chi connectivity index (χ4v) is 10.3. The van der Waals surface area contributed by atoms with Crippen LogP contribution >= 0.6 is 0 Å². The Labute approximate surface area is 344 Å². The topological polar surface area (TPSA) is 9.86 Å². The van der Waals surface area contributed by atoms with E-state index in [1.165, 1.54) is 111 Å². The molecule has 2 heterocycles. The molecule has 0 saturated carbocycles. The van der Waals surface area contributed by atoms with Crippen LogP contribution in [0.1, 0.15) is 43.4 Å². The number of benzene rings is 8. The first-order valence-electron chi connectivity index (χ1n) is 20.9. The number of fused-ring (bicyclic) bond motifs is 9. The van der Waals surface area contributed by atoms with Crippen molar-refractivity contribution >= 4 is 54.9 Å². The molecule has 2 nitrogen and oxygen atoms in total. The Morgan fingerprint density at radius 2 is 0.983 bits per heavy atom. The molecule has 2 aliphatic rings. The zero-order valence-corrected chi connectivity index (χ0v) is 33.3. The summed E-state index contributed by atoms with van der Waals surface area (Å²) in [6, 6.07) is 67.6. The van der Waals surface area contributed by atoms with Crippen molar-refractivity contribution in [3.8, 4) is 39.1 Å². The number of aromatic nitrogens is 2. The van der Waals surface area contributed by atoms with Crippen molar-refractivity contribution in [2.75, 3.05) is 0 Å². The van der Waals surface area contributed by atoms with Gasteiger partial charge in [-0.25, -0.2) is 0 Å². The normalized spacial score (nSPS) is 14.5. The summed E-state index contributed by atoms with van der Waals surface area (Å²) in [6.07, 6.45) is 6.81. The van der Waals surface area contributed by atoms with Crippen LogP contribution in [0.4, 0.5) is 0 Å². The van der Waals surface area contributed by atoms with Crippen LogP contribution in [0.3, 0.4) is 0 Å². The molecule has 280 valence electrons. The number of allylic oxidation sites excluding steroid dienone is 4. The SMILES string of the molecule is CC1(C)c2ccccc2-c2cc3c4cc(-c5ccc6c(c5)c5ccccc5n6C5=CC(c6ccccc6)=CCC5)ccc4n(-c4ccc(-c5ccccc5)cc4)c3cc21. The quantitative estimate of drug-likeness (QED) is 0.166. The molecule has 0 fully saturated rings. The van der Waals surface area contributed by atoms with Gasteiger partial charge in [0.1, 0.15) is 0 Å². The molecule has 2 heteroatoms. The first kappa shape index (κ1) is 33.9. The second-order valence-electron chi connectivity index (χ2n) is 16.9. The van der Waals surface area contributed by atoms with Crippen LogP contribution in [0, 0.1) is 0 Å². The van der Waals surface area contributed by atoms with E-state index in [1.807, 2.05) is 0 Å². The van der Waals surface area contributed by atoms with Gasteiger partial charge in [-0.2, -0.15) is 0 Å². The predicted molar refractivity (Wildman–Crippen MR) is 250 cm³/mol. The van der Waals surface area contributed by atoms with E-state index in [2.05, 4.69) is 217 Å². The summed E-state index contributed by atoms with van der Waals surface area (Å²) >= 11 is 0. The minimum Gasteiger partial charge on any atom is -0.313 e. The van der Waals surface area contributed by atoms with E-state index in [4.69, 9.17) is 0 Å². The minimum atomic E-state index is -0.0919. The largest absolute Gasteiger partial charge is 0.313 e. The fraction of sp³-hybridized carbons (Fsp3) is 0.0877. The second kappa shape index (κ2) is 12.9. The summed E-state index contributed by atoms with van der Waals surface area (Å²) < 4.78 is 4.99. The van der Waals surface area contributed by atoms with Crippen LogP contribution < -0.4 is 0 Å². The lowest BCUT2D eigenvalue weighted by atomic mass is 9.82. The van der Waals surface area contributed by atoms with Gasteiger partial charge in [-0.15, -0.1) is 0 Å². The van der Waals surface area contributed by atoms with E-state index in [1.54, 1.807) is 0 Å². The lowest BCUT2D eigenvalue weighted by Gasteiger charge is -2.21. The fourth-order valence-electron chi connectivity index (χ4n) is 10.3. The highest BCUT2D eigenvalue weighted by molar-refractivity contribution is 6.14. The van der Waals surface area contributed by atoms with Gasteiger partial charge >= 0.3 is 0 Å². The Morgan fingerprint density at radius 1 is 0.407 bits per heavy atom. The van der Waals surface area contributed by atoms with Crippen LogP contribution in [0.15, 0.2) is 194 Å². The molecule has 0 bridgehead atoms. The Hall–Kier alpha value is -7.16. The monoisotopic (exact) mass is 754 g/mol. The molecule has 8 aromatic carbocycles. The van der Waals surface area contributed by atoms with Crippen LogP contribution in [0.5, 0.6) is 0 Å². The zero-order chi connectivity index (χ0) is 39.2. The zero-order valence-electron chi connectivity index (χ0n) is 33.3. The predicted octanol–water partition coefficient (Wildman–Crippen LogP) is 15.3. The molecule has 0 amide bonds. The van der Waals surface area contributed by atoms with Gasteiger partial charge in [-0.3, -0.25) is 0 Å². The maximum Gasteiger partial charge on any atom is 0.0544 e. The van der Waals surface area contributed by atoms with E-state index in [0.29, 0.717) is 0 Å². The third-order valence-corrected chi connectivity index (χ3v) is 13.2. The van der Waals surface area contributed by atoms with Gasteiger partial charge in [0.05, 0.1) is 22.1 Å². The van der Waals surface area contributed by atoms with E-state index in [9.17, 15) is 0 Å². The molecule has 0 aliphatic heterocycles. The molecule has 0 radical (unpaired) electrons. The maximum atomic E-state index is 2.50. The van der Waals surface area contributed by atoms with Gasteiger partial charge < -0.3 is 9.13 Å². The van der Waals surface area contributed by atoms with Crippen molar-refractivity contribution in [2.45, 2.75) is 32.1 Å². The van der Waals surface area contributed by atoms with Crippen molar-refractivity contribution in [1.82, 2.24) is 9.13 Å². The smallest absolute Gasteiger partial charge is 0.0544 e. The van der Waals surface area contributed by atoms with Crippen LogP contribution in [0.2, 0.25) is 0 Å². The van der Waals surface area contributed by atoms with Gasteiger partial charge in [0.2, 0.25) is 0 Å². The number of hydrogen-bond donors (Lipinski definition) is 0.